The van der Waals surface area contributed by atoms with Crippen molar-refractivity contribution < 1.29 is 14.3 Å². The van der Waals surface area contributed by atoms with Gasteiger partial charge in [-0.25, -0.2) is 4.79 Å². The SMILES string of the molecule is CCC#CC[C@H](C)C(/C=C/[C@H]1[C@H](C)CC(=O)[C@@H]1CCSC/C=C/C(=O)OC)CC. The van der Waals surface area contributed by atoms with Crippen LogP contribution in [0, 0.1) is 41.4 Å². The van der Waals surface area contributed by atoms with Gasteiger partial charge in [0.25, 0.3) is 0 Å². The zero-order valence-corrected chi connectivity index (χ0v) is 19.6. The van der Waals surface area contributed by atoms with E-state index in [2.05, 4.69) is 56.4 Å². The minimum atomic E-state index is -0.323. The Balaban J connectivity index is 2.60. The molecule has 0 aromatic heterocycles. The van der Waals surface area contributed by atoms with Gasteiger partial charge >= 0.3 is 5.97 Å². The van der Waals surface area contributed by atoms with Crippen molar-refractivity contribution in [3.8, 4) is 11.8 Å². The van der Waals surface area contributed by atoms with Crippen molar-refractivity contribution in [2.24, 2.45) is 29.6 Å². The highest BCUT2D eigenvalue weighted by molar-refractivity contribution is 7.99. The van der Waals surface area contributed by atoms with Gasteiger partial charge in [-0.15, -0.1) is 11.8 Å². The highest BCUT2D eigenvalue weighted by Crippen LogP contribution is 2.38. The Hall–Kier alpha value is -1.47. The van der Waals surface area contributed by atoms with Crippen LogP contribution in [0.1, 0.15) is 59.8 Å². The van der Waals surface area contributed by atoms with Crippen molar-refractivity contribution in [3.05, 3.63) is 24.3 Å². The van der Waals surface area contributed by atoms with E-state index in [1.54, 1.807) is 11.8 Å². The molecule has 1 fully saturated rings. The number of rotatable bonds is 11. The second-order valence-electron chi connectivity index (χ2n) is 7.97. The molecule has 1 aliphatic carbocycles. The predicted octanol–water partition coefficient (Wildman–Crippen LogP) is 5.70. The van der Waals surface area contributed by atoms with E-state index >= 15 is 0 Å². The molecule has 0 N–H and O–H groups in total. The number of carbonyl (C=O) groups is 2. The summed E-state index contributed by atoms with van der Waals surface area (Å²) in [6, 6.07) is 0. The monoisotopic (exact) mass is 418 g/mol. The van der Waals surface area contributed by atoms with Crippen LogP contribution in [0.5, 0.6) is 0 Å². The fraction of sp³-hybridized carbons (Fsp3) is 0.680. The van der Waals surface area contributed by atoms with Crippen LogP contribution in [-0.2, 0) is 14.3 Å². The zero-order chi connectivity index (χ0) is 21.6. The third-order valence-electron chi connectivity index (χ3n) is 5.81. The molecule has 29 heavy (non-hydrogen) atoms. The van der Waals surface area contributed by atoms with Crippen LogP contribution in [0.3, 0.4) is 0 Å². The maximum Gasteiger partial charge on any atom is 0.330 e. The van der Waals surface area contributed by atoms with Crippen LogP contribution in [0.2, 0.25) is 0 Å². The van der Waals surface area contributed by atoms with Crippen LogP contribution in [-0.4, -0.2) is 30.4 Å². The maximum atomic E-state index is 12.5. The van der Waals surface area contributed by atoms with Crippen LogP contribution in [0.15, 0.2) is 24.3 Å². The number of methoxy groups -OCH3 is 1. The van der Waals surface area contributed by atoms with E-state index in [0.717, 1.165) is 37.2 Å². The lowest BCUT2D eigenvalue weighted by Gasteiger charge is -2.21. The van der Waals surface area contributed by atoms with Gasteiger partial charge in [0.05, 0.1) is 7.11 Å². The fourth-order valence-corrected chi connectivity index (χ4v) is 4.80. The minimum absolute atomic E-state index is 0.131. The second kappa shape index (κ2) is 14.5. The molecule has 0 spiro atoms. The van der Waals surface area contributed by atoms with Gasteiger partial charge in [0.2, 0.25) is 0 Å². The van der Waals surface area contributed by atoms with Crippen LogP contribution in [0.4, 0.5) is 0 Å². The first-order chi connectivity index (χ1) is 13.9. The van der Waals surface area contributed by atoms with Crippen molar-refractivity contribution in [1.82, 2.24) is 0 Å². The van der Waals surface area contributed by atoms with Gasteiger partial charge < -0.3 is 4.74 Å². The third kappa shape index (κ3) is 9.26. The van der Waals surface area contributed by atoms with E-state index in [1.165, 1.54) is 13.2 Å². The number of ether oxygens (including phenoxy) is 1. The molecule has 0 saturated heterocycles. The average Bonchev–Trinajstić information content (AvgIpc) is 2.97. The second-order valence-corrected chi connectivity index (χ2v) is 9.12. The summed E-state index contributed by atoms with van der Waals surface area (Å²) in [5.74, 6) is 10.2. The lowest BCUT2D eigenvalue weighted by atomic mass is 9.84. The van der Waals surface area contributed by atoms with E-state index in [9.17, 15) is 9.59 Å². The molecule has 4 heteroatoms. The Labute approximate surface area is 182 Å². The Morgan fingerprint density at radius 1 is 1.34 bits per heavy atom. The van der Waals surface area contributed by atoms with Crippen molar-refractivity contribution in [1.29, 1.82) is 0 Å². The summed E-state index contributed by atoms with van der Waals surface area (Å²) in [6.45, 7) is 8.80. The largest absolute Gasteiger partial charge is 0.466 e. The van der Waals surface area contributed by atoms with Gasteiger partial charge in [0.15, 0.2) is 0 Å². The zero-order valence-electron chi connectivity index (χ0n) is 18.8. The number of hydrogen-bond acceptors (Lipinski definition) is 4. The van der Waals surface area contributed by atoms with Gasteiger partial charge in [-0.2, -0.15) is 11.8 Å². The topological polar surface area (TPSA) is 43.4 Å². The van der Waals surface area contributed by atoms with Gasteiger partial charge in [0.1, 0.15) is 5.78 Å². The maximum absolute atomic E-state index is 12.5. The quantitative estimate of drug-likeness (QED) is 0.142. The number of thioether (sulfide) groups is 1. The Morgan fingerprint density at radius 3 is 2.76 bits per heavy atom. The molecule has 0 aromatic carbocycles. The van der Waals surface area contributed by atoms with E-state index in [0.29, 0.717) is 35.9 Å². The van der Waals surface area contributed by atoms with Crippen molar-refractivity contribution in [2.45, 2.75) is 59.8 Å². The van der Waals surface area contributed by atoms with Crippen molar-refractivity contribution in [3.63, 3.8) is 0 Å². The van der Waals surface area contributed by atoms with Gasteiger partial charge in [0, 0.05) is 37.0 Å². The molecule has 1 aliphatic rings. The summed E-state index contributed by atoms with van der Waals surface area (Å²) >= 11 is 1.76. The Morgan fingerprint density at radius 2 is 2.10 bits per heavy atom. The molecule has 1 saturated carbocycles. The van der Waals surface area contributed by atoms with E-state index < -0.39 is 0 Å². The molecule has 5 atom stereocenters. The summed E-state index contributed by atoms with van der Waals surface area (Å²) in [7, 11) is 1.38. The summed E-state index contributed by atoms with van der Waals surface area (Å²) in [5, 5.41) is 0. The van der Waals surface area contributed by atoms with Crippen LogP contribution >= 0.6 is 11.8 Å². The van der Waals surface area contributed by atoms with Crippen LogP contribution in [0.25, 0.3) is 0 Å². The number of carbonyl (C=O) groups excluding carboxylic acids is 2. The molecule has 1 unspecified atom stereocenters. The normalized spacial score (nSPS) is 23.9. The van der Waals surface area contributed by atoms with Crippen molar-refractivity contribution >= 4 is 23.5 Å². The van der Waals surface area contributed by atoms with Crippen molar-refractivity contribution in [2.75, 3.05) is 18.6 Å². The molecule has 0 amide bonds. The molecule has 3 nitrogen and oxygen atoms in total. The first-order valence-corrected chi connectivity index (χ1v) is 12.1. The molecular weight excluding hydrogens is 380 g/mol. The van der Waals surface area contributed by atoms with E-state index in [-0.39, 0.29) is 11.9 Å². The molecule has 0 heterocycles. The number of allylic oxidation sites excluding steroid dienone is 2. The first-order valence-electron chi connectivity index (χ1n) is 10.9. The van der Waals surface area contributed by atoms with Gasteiger partial charge in [-0.1, -0.05) is 45.9 Å². The Kier molecular flexibility index (Phi) is 12.8. The average molecular weight is 419 g/mol. The van der Waals surface area contributed by atoms with E-state index in [4.69, 9.17) is 0 Å². The lowest BCUT2D eigenvalue weighted by molar-refractivity contribution is -0.134. The fourth-order valence-electron chi connectivity index (χ4n) is 3.98. The number of ketones is 1. The first kappa shape index (κ1) is 25.6. The predicted molar refractivity (Wildman–Crippen MR) is 124 cm³/mol. The smallest absolute Gasteiger partial charge is 0.330 e. The highest BCUT2D eigenvalue weighted by atomic mass is 32.2. The highest BCUT2D eigenvalue weighted by Gasteiger charge is 2.38. The van der Waals surface area contributed by atoms with Crippen LogP contribution < -0.4 is 0 Å². The molecule has 0 aliphatic heterocycles. The van der Waals surface area contributed by atoms with Gasteiger partial charge in [-0.3, -0.25) is 4.79 Å². The molecule has 0 bridgehead atoms. The molecule has 162 valence electrons. The number of Topliss-reactive ketones (excluding diaryl/α,β-unsaturated/α-hetero) is 1. The summed E-state index contributed by atoms with van der Waals surface area (Å²) in [4.78, 5) is 23.6. The minimum Gasteiger partial charge on any atom is -0.466 e. The third-order valence-corrected chi connectivity index (χ3v) is 6.76. The standard InChI is InChI=1S/C25H38O3S/c1-6-8-9-11-19(3)21(7-2)13-14-22-20(4)18-24(26)23(22)15-17-29-16-10-12-25(27)28-5/h10,12-14,19-23H,6-7,11,15-18H2,1-5H3/b12-10+,14-13+/t19-,20+,21?,22-,23+/m0/s1. The van der Waals surface area contributed by atoms with E-state index in [1.807, 2.05) is 6.08 Å². The van der Waals surface area contributed by atoms with Gasteiger partial charge in [-0.05, 0) is 42.3 Å². The Bertz CT molecular complexity index is 626. The summed E-state index contributed by atoms with van der Waals surface area (Å²) in [6.07, 6.45) is 12.5. The number of hydrogen-bond donors (Lipinski definition) is 0. The summed E-state index contributed by atoms with van der Waals surface area (Å²) in [5.41, 5.74) is 0. The molecule has 0 radical (unpaired) electrons. The molecule has 1 rings (SSSR count). The summed E-state index contributed by atoms with van der Waals surface area (Å²) < 4.78 is 4.58. The molecular formula is C25H38O3S. The number of esters is 1. The lowest BCUT2D eigenvalue weighted by Crippen LogP contribution is -2.17. The molecule has 0 aromatic rings.